The number of rotatable bonds is 11. The monoisotopic (exact) mass is 486 g/mol. The summed E-state index contributed by atoms with van der Waals surface area (Å²) in [7, 11) is -1.64. The molecule has 34 heavy (non-hydrogen) atoms. The van der Waals surface area contributed by atoms with Gasteiger partial charge in [-0.1, -0.05) is 12.1 Å². The van der Waals surface area contributed by atoms with Crippen molar-refractivity contribution in [2.24, 2.45) is 0 Å². The van der Waals surface area contributed by atoms with Crippen LogP contribution in [-0.4, -0.2) is 58.2 Å². The average molecular weight is 487 g/mol. The van der Waals surface area contributed by atoms with Crippen LogP contribution in [0, 0.1) is 0 Å². The summed E-state index contributed by atoms with van der Waals surface area (Å²) in [5, 5.41) is 2.70. The van der Waals surface area contributed by atoms with Crippen LogP contribution in [-0.2, 0) is 14.6 Å². The zero-order valence-electron chi connectivity index (χ0n) is 18.9. The first-order valence-corrected chi connectivity index (χ1v) is 12.4. The standard InChI is InChI=1S/C24H26N2O7S/c1-26(12-6-14-31-20-9-4-10-21(16-20)34(2,29)30)23(27)17-33-19-8-3-7-18(15-19)25-24(28)22-11-5-13-32-22/h3-5,7-11,13,15-16H,6,12,14,17H2,1-2H3,(H,25,28). The number of hydrogen-bond donors (Lipinski definition) is 1. The van der Waals surface area contributed by atoms with Crippen LogP contribution in [0.2, 0.25) is 0 Å². The third-order valence-corrected chi connectivity index (χ3v) is 5.88. The summed E-state index contributed by atoms with van der Waals surface area (Å²) in [5.74, 6) is 0.481. The Morgan fingerprint density at radius 2 is 1.74 bits per heavy atom. The largest absolute Gasteiger partial charge is 0.493 e. The highest BCUT2D eigenvalue weighted by atomic mass is 32.2. The van der Waals surface area contributed by atoms with Crippen molar-refractivity contribution in [2.45, 2.75) is 11.3 Å². The SMILES string of the molecule is CN(CCCOc1cccc(S(C)(=O)=O)c1)C(=O)COc1cccc(NC(=O)c2ccco2)c1. The number of amides is 2. The molecule has 9 nitrogen and oxygen atoms in total. The lowest BCUT2D eigenvalue weighted by molar-refractivity contribution is -0.132. The van der Waals surface area contributed by atoms with Gasteiger partial charge in [-0.15, -0.1) is 0 Å². The number of benzene rings is 2. The van der Waals surface area contributed by atoms with Crippen molar-refractivity contribution < 1.29 is 31.9 Å². The summed E-state index contributed by atoms with van der Waals surface area (Å²) >= 11 is 0. The molecule has 0 saturated carbocycles. The van der Waals surface area contributed by atoms with Crippen molar-refractivity contribution in [1.29, 1.82) is 0 Å². The van der Waals surface area contributed by atoms with Crippen molar-refractivity contribution in [2.75, 3.05) is 38.4 Å². The molecule has 1 aromatic heterocycles. The number of nitrogens with one attached hydrogen (secondary N) is 1. The molecule has 0 aliphatic heterocycles. The highest BCUT2D eigenvalue weighted by molar-refractivity contribution is 7.90. The van der Waals surface area contributed by atoms with Crippen LogP contribution >= 0.6 is 0 Å². The molecule has 10 heteroatoms. The fourth-order valence-electron chi connectivity index (χ4n) is 2.93. The second-order valence-electron chi connectivity index (χ2n) is 7.51. The first-order chi connectivity index (χ1) is 16.2. The number of likely N-dealkylation sites (N-methyl/N-ethyl adjacent to an activating group) is 1. The van der Waals surface area contributed by atoms with Crippen LogP contribution in [0.4, 0.5) is 5.69 Å². The number of ether oxygens (including phenoxy) is 2. The molecular formula is C24H26N2O7S. The van der Waals surface area contributed by atoms with Crippen LogP contribution < -0.4 is 14.8 Å². The second kappa shape index (κ2) is 11.4. The van der Waals surface area contributed by atoms with Gasteiger partial charge in [-0.3, -0.25) is 9.59 Å². The van der Waals surface area contributed by atoms with Gasteiger partial charge in [0.25, 0.3) is 11.8 Å². The van der Waals surface area contributed by atoms with Gasteiger partial charge < -0.3 is 24.1 Å². The summed E-state index contributed by atoms with van der Waals surface area (Å²) in [6.45, 7) is 0.597. The Morgan fingerprint density at radius 3 is 2.44 bits per heavy atom. The molecule has 3 aromatic rings. The van der Waals surface area contributed by atoms with Crippen LogP contribution in [0.3, 0.4) is 0 Å². The summed E-state index contributed by atoms with van der Waals surface area (Å²) < 4.78 is 39.5. The van der Waals surface area contributed by atoms with E-state index in [1.807, 2.05) is 0 Å². The van der Waals surface area contributed by atoms with Crippen molar-refractivity contribution in [3.8, 4) is 11.5 Å². The number of anilines is 1. The number of furan rings is 1. The minimum Gasteiger partial charge on any atom is -0.493 e. The number of sulfone groups is 1. The van der Waals surface area contributed by atoms with Crippen molar-refractivity contribution in [1.82, 2.24) is 4.90 Å². The Labute approximate surface area is 198 Å². The molecule has 0 unspecified atom stereocenters. The first kappa shape index (κ1) is 24.8. The lowest BCUT2D eigenvalue weighted by Gasteiger charge is -2.18. The van der Waals surface area contributed by atoms with E-state index in [9.17, 15) is 18.0 Å². The van der Waals surface area contributed by atoms with Gasteiger partial charge in [-0.2, -0.15) is 0 Å². The quantitative estimate of drug-likeness (QED) is 0.414. The fraction of sp³-hybridized carbons (Fsp3) is 0.250. The van der Waals surface area contributed by atoms with Gasteiger partial charge in [0.15, 0.2) is 22.2 Å². The molecule has 0 atom stereocenters. The molecule has 0 aliphatic carbocycles. The summed E-state index contributed by atoms with van der Waals surface area (Å²) in [6.07, 6.45) is 3.11. The minimum absolute atomic E-state index is 0.163. The van der Waals surface area contributed by atoms with E-state index in [1.165, 1.54) is 23.3 Å². The molecule has 2 amide bonds. The van der Waals surface area contributed by atoms with Gasteiger partial charge in [-0.05, 0) is 48.9 Å². The van der Waals surface area contributed by atoms with Crippen LogP contribution in [0.25, 0.3) is 0 Å². The highest BCUT2D eigenvalue weighted by Crippen LogP contribution is 2.19. The molecule has 0 aliphatic rings. The molecule has 3 rings (SSSR count). The molecule has 180 valence electrons. The van der Waals surface area contributed by atoms with E-state index >= 15 is 0 Å². The lowest BCUT2D eigenvalue weighted by atomic mass is 10.3. The number of carbonyl (C=O) groups is 2. The summed E-state index contributed by atoms with van der Waals surface area (Å²) in [5.41, 5.74) is 0.511. The Balaban J connectivity index is 1.41. The lowest BCUT2D eigenvalue weighted by Crippen LogP contribution is -2.32. The number of nitrogens with zero attached hydrogens (tertiary/aromatic N) is 1. The van der Waals surface area contributed by atoms with E-state index in [0.717, 1.165) is 6.26 Å². The van der Waals surface area contributed by atoms with E-state index in [0.29, 0.717) is 36.8 Å². The molecule has 0 radical (unpaired) electrons. The Bertz CT molecular complexity index is 1220. The highest BCUT2D eigenvalue weighted by Gasteiger charge is 2.12. The van der Waals surface area contributed by atoms with Gasteiger partial charge in [0.1, 0.15) is 11.5 Å². The third-order valence-electron chi connectivity index (χ3n) is 4.77. The van der Waals surface area contributed by atoms with E-state index in [-0.39, 0.29) is 29.1 Å². The number of carbonyl (C=O) groups excluding carboxylic acids is 2. The normalized spacial score (nSPS) is 11.0. The summed E-state index contributed by atoms with van der Waals surface area (Å²) in [4.78, 5) is 26.2. The Hall–Kier alpha value is -3.79. The summed E-state index contributed by atoms with van der Waals surface area (Å²) in [6, 6.07) is 16.2. The van der Waals surface area contributed by atoms with Crippen LogP contribution in [0.15, 0.2) is 76.2 Å². The molecular weight excluding hydrogens is 460 g/mol. The Kier molecular flexibility index (Phi) is 8.31. The maximum Gasteiger partial charge on any atom is 0.291 e. The fourth-order valence-corrected chi connectivity index (χ4v) is 3.59. The smallest absolute Gasteiger partial charge is 0.291 e. The zero-order valence-corrected chi connectivity index (χ0v) is 19.7. The van der Waals surface area contributed by atoms with Crippen LogP contribution in [0.5, 0.6) is 11.5 Å². The van der Waals surface area contributed by atoms with E-state index in [4.69, 9.17) is 13.9 Å². The molecule has 1 heterocycles. The predicted molar refractivity (Wildman–Crippen MR) is 126 cm³/mol. The molecule has 0 saturated heterocycles. The van der Waals surface area contributed by atoms with Crippen molar-refractivity contribution >= 4 is 27.3 Å². The van der Waals surface area contributed by atoms with E-state index in [2.05, 4.69) is 5.32 Å². The molecule has 1 N–H and O–H groups in total. The Morgan fingerprint density at radius 1 is 1.00 bits per heavy atom. The van der Waals surface area contributed by atoms with Gasteiger partial charge in [0.05, 0.1) is 17.8 Å². The van der Waals surface area contributed by atoms with Gasteiger partial charge >= 0.3 is 0 Å². The maximum absolute atomic E-state index is 12.4. The first-order valence-electron chi connectivity index (χ1n) is 10.5. The second-order valence-corrected chi connectivity index (χ2v) is 9.53. The maximum atomic E-state index is 12.4. The van der Waals surface area contributed by atoms with Crippen molar-refractivity contribution in [3.63, 3.8) is 0 Å². The van der Waals surface area contributed by atoms with E-state index < -0.39 is 9.84 Å². The number of hydrogen-bond acceptors (Lipinski definition) is 7. The predicted octanol–water partition coefficient (Wildman–Crippen LogP) is 3.24. The van der Waals surface area contributed by atoms with E-state index in [1.54, 1.807) is 55.6 Å². The molecule has 0 fully saturated rings. The average Bonchev–Trinajstić information content (AvgIpc) is 3.35. The molecule has 0 bridgehead atoms. The van der Waals surface area contributed by atoms with Gasteiger partial charge in [0.2, 0.25) is 0 Å². The van der Waals surface area contributed by atoms with Gasteiger partial charge in [0, 0.05) is 31.6 Å². The van der Waals surface area contributed by atoms with Crippen molar-refractivity contribution in [3.05, 3.63) is 72.7 Å². The topological polar surface area (TPSA) is 115 Å². The van der Waals surface area contributed by atoms with Gasteiger partial charge in [-0.25, -0.2) is 8.42 Å². The zero-order chi connectivity index (χ0) is 24.6. The third kappa shape index (κ3) is 7.38. The molecule has 2 aromatic carbocycles. The van der Waals surface area contributed by atoms with Crippen LogP contribution in [0.1, 0.15) is 17.0 Å². The minimum atomic E-state index is -3.30. The molecule has 0 spiro atoms.